The van der Waals surface area contributed by atoms with Crippen LogP contribution in [-0.4, -0.2) is 34.5 Å². The Morgan fingerprint density at radius 2 is 2.33 bits per heavy atom. The summed E-state index contributed by atoms with van der Waals surface area (Å²) in [4.78, 5) is 11.4. The molecule has 6 nitrogen and oxygen atoms in total. The van der Waals surface area contributed by atoms with E-state index >= 15 is 0 Å². The Morgan fingerprint density at radius 1 is 1.67 bits per heavy atom. The predicted octanol–water partition coefficient (Wildman–Crippen LogP) is 0.862. The molecule has 1 atom stereocenters. The summed E-state index contributed by atoms with van der Waals surface area (Å²) in [5, 5.41) is 16.7. The number of hydrogen-bond acceptors (Lipinski definition) is 4. The van der Waals surface area contributed by atoms with E-state index in [1.165, 1.54) is 20.0 Å². The van der Waals surface area contributed by atoms with Gasteiger partial charge in [-0.05, 0) is 32.2 Å². The molecular formula is C12H19N3O3. The highest BCUT2D eigenvalue weighted by Crippen LogP contribution is 2.31. The molecule has 1 saturated carbocycles. The van der Waals surface area contributed by atoms with Gasteiger partial charge in [0, 0.05) is 7.05 Å². The van der Waals surface area contributed by atoms with Gasteiger partial charge in [-0.3, -0.25) is 4.79 Å². The molecule has 0 aromatic carbocycles. The van der Waals surface area contributed by atoms with Crippen LogP contribution in [0, 0.1) is 12.8 Å². The molecule has 100 valence electrons. The van der Waals surface area contributed by atoms with Gasteiger partial charge in [0.15, 0.2) is 0 Å². The number of nitrogens with zero attached hydrogens (tertiary/aromatic N) is 2. The van der Waals surface area contributed by atoms with Crippen LogP contribution in [0.4, 0.5) is 0 Å². The summed E-state index contributed by atoms with van der Waals surface area (Å²) >= 11 is 0. The summed E-state index contributed by atoms with van der Waals surface area (Å²) in [6.07, 6.45) is 2.37. The summed E-state index contributed by atoms with van der Waals surface area (Å²) < 4.78 is 6.82. The fraction of sp³-hybridized carbons (Fsp3) is 0.667. The van der Waals surface area contributed by atoms with Crippen molar-refractivity contribution in [2.45, 2.75) is 25.8 Å². The van der Waals surface area contributed by atoms with Gasteiger partial charge in [-0.2, -0.15) is 5.10 Å². The van der Waals surface area contributed by atoms with Crippen LogP contribution in [0.25, 0.3) is 0 Å². The normalized spacial score (nSPS) is 16.6. The van der Waals surface area contributed by atoms with Gasteiger partial charge in [-0.25, -0.2) is 4.68 Å². The molecule has 1 fully saturated rings. The first-order valence-electron chi connectivity index (χ1n) is 6.08. The number of carboxylic acids is 1. The van der Waals surface area contributed by atoms with Gasteiger partial charge in [0.05, 0.1) is 18.4 Å². The van der Waals surface area contributed by atoms with Crippen LogP contribution in [-0.2, 0) is 11.8 Å². The third kappa shape index (κ3) is 2.48. The van der Waals surface area contributed by atoms with E-state index in [0.29, 0.717) is 23.1 Å². The summed E-state index contributed by atoms with van der Waals surface area (Å²) in [6, 6.07) is -0.755. The summed E-state index contributed by atoms with van der Waals surface area (Å²) in [6.45, 7) is 2.53. The highest BCUT2D eigenvalue weighted by molar-refractivity contribution is 5.77. The smallest absolute Gasteiger partial charge is 0.325 e. The third-order valence-electron chi connectivity index (χ3n) is 3.25. The number of ether oxygens (including phenoxy) is 1. The van der Waals surface area contributed by atoms with E-state index in [2.05, 4.69) is 10.4 Å². The van der Waals surface area contributed by atoms with E-state index < -0.39 is 12.0 Å². The fourth-order valence-corrected chi connectivity index (χ4v) is 2.15. The van der Waals surface area contributed by atoms with Crippen molar-refractivity contribution in [3.63, 3.8) is 0 Å². The number of nitrogens with one attached hydrogen (secondary N) is 1. The van der Waals surface area contributed by atoms with Crippen LogP contribution in [0.1, 0.15) is 30.1 Å². The lowest BCUT2D eigenvalue weighted by molar-refractivity contribution is -0.139. The van der Waals surface area contributed by atoms with Crippen LogP contribution in [0.3, 0.4) is 0 Å². The number of rotatable bonds is 6. The van der Waals surface area contributed by atoms with E-state index in [9.17, 15) is 9.90 Å². The molecule has 1 aromatic rings. The van der Waals surface area contributed by atoms with E-state index in [1.807, 2.05) is 0 Å². The van der Waals surface area contributed by atoms with E-state index in [4.69, 9.17) is 4.74 Å². The number of carboxylic acid groups (broad SMARTS) is 1. The van der Waals surface area contributed by atoms with Crippen molar-refractivity contribution in [2.75, 3.05) is 13.7 Å². The van der Waals surface area contributed by atoms with Gasteiger partial charge in [0.2, 0.25) is 5.88 Å². The summed E-state index contributed by atoms with van der Waals surface area (Å²) in [7, 11) is 3.27. The number of methoxy groups -OCH3 is 1. The second kappa shape index (κ2) is 4.97. The van der Waals surface area contributed by atoms with Crippen molar-refractivity contribution in [3.05, 3.63) is 11.3 Å². The lowest BCUT2D eigenvalue weighted by Crippen LogP contribution is -2.30. The van der Waals surface area contributed by atoms with Crippen molar-refractivity contribution in [1.29, 1.82) is 0 Å². The maximum absolute atomic E-state index is 11.4. The van der Waals surface area contributed by atoms with Crippen molar-refractivity contribution in [2.24, 2.45) is 13.0 Å². The molecule has 0 aliphatic heterocycles. The molecule has 2 rings (SSSR count). The Morgan fingerprint density at radius 3 is 2.83 bits per heavy atom. The van der Waals surface area contributed by atoms with Crippen LogP contribution in [0.15, 0.2) is 0 Å². The zero-order valence-electron chi connectivity index (χ0n) is 10.9. The minimum absolute atomic E-state index is 0.503. The molecule has 0 spiro atoms. The quantitative estimate of drug-likeness (QED) is 0.786. The monoisotopic (exact) mass is 253 g/mol. The molecule has 1 aliphatic rings. The first kappa shape index (κ1) is 12.9. The number of aryl methyl sites for hydroxylation is 2. The Bertz CT molecular complexity index is 452. The maximum atomic E-state index is 11.4. The van der Waals surface area contributed by atoms with Gasteiger partial charge < -0.3 is 15.2 Å². The SMILES string of the molecule is COc1c(C(NCC2CC2)C(=O)O)c(C)nn1C. The Kier molecular flexibility index (Phi) is 3.56. The van der Waals surface area contributed by atoms with Gasteiger partial charge in [0.25, 0.3) is 0 Å². The van der Waals surface area contributed by atoms with Gasteiger partial charge in [-0.15, -0.1) is 0 Å². The lowest BCUT2D eigenvalue weighted by atomic mass is 10.1. The van der Waals surface area contributed by atoms with Crippen molar-refractivity contribution in [1.82, 2.24) is 15.1 Å². The minimum atomic E-state index is -0.898. The molecule has 1 aliphatic carbocycles. The first-order valence-corrected chi connectivity index (χ1v) is 6.08. The van der Waals surface area contributed by atoms with Gasteiger partial charge >= 0.3 is 5.97 Å². The fourth-order valence-electron chi connectivity index (χ4n) is 2.15. The van der Waals surface area contributed by atoms with Crippen LogP contribution < -0.4 is 10.1 Å². The zero-order valence-corrected chi connectivity index (χ0v) is 10.9. The molecule has 0 amide bonds. The highest BCUT2D eigenvalue weighted by Gasteiger charge is 2.31. The van der Waals surface area contributed by atoms with Crippen molar-refractivity contribution < 1.29 is 14.6 Å². The van der Waals surface area contributed by atoms with E-state index in [-0.39, 0.29) is 0 Å². The minimum Gasteiger partial charge on any atom is -0.481 e. The zero-order chi connectivity index (χ0) is 13.3. The molecular weight excluding hydrogens is 234 g/mol. The first-order chi connectivity index (χ1) is 8.54. The highest BCUT2D eigenvalue weighted by atomic mass is 16.5. The van der Waals surface area contributed by atoms with E-state index in [0.717, 1.165) is 6.54 Å². The maximum Gasteiger partial charge on any atom is 0.325 e. The topological polar surface area (TPSA) is 76.4 Å². The van der Waals surface area contributed by atoms with E-state index in [1.54, 1.807) is 18.7 Å². The van der Waals surface area contributed by atoms with Gasteiger partial charge in [0.1, 0.15) is 6.04 Å². The second-order valence-electron chi connectivity index (χ2n) is 4.75. The second-order valence-corrected chi connectivity index (χ2v) is 4.75. The number of aromatic nitrogens is 2. The molecule has 1 aromatic heterocycles. The largest absolute Gasteiger partial charge is 0.481 e. The molecule has 1 heterocycles. The molecule has 0 saturated heterocycles. The van der Waals surface area contributed by atoms with Crippen LogP contribution >= 0.6 is 0 Å². The molecule has 2 N–H and O–H groups in total. The Balaban J connectivity index is 2.25. The van der Waals surface area contributed by atoms with Crippen LogP contribution in [0.2, 0.25) is 0 Å². The molecule has 18 heavy (non-hydrogen) atoms. The standard InChI is InChI=1S/C12H19N3O3/c1-7-9(11(18-3)15(2)14-7)10(12(16)17)13-6-8-4-5-8/h8,10,13H,4-6H2,1-3H3,(H,16,17). The third-order valence-corrected chi connectivity index (χ3v) is 3.25. The molecule has 0 bridgehead atoms. The number of aliphatic carboxylic acids is 1. The average molecular weight is 253 g/mol. The van der Waals surface area contributed by atoms with Gasteiger partial charge in [-0.1, -0.05) is 0 Å². The average Bonchev–Trinajstić information content (AvgIpc) is 3.06. The van der Waals surface area contributed by atoms with Crippen LogP contribution in [0.5, 0.6) is 5.88 Å². The van der Waals surface area contributed by atoms with Crippen molar-refractivity contribution >= 4 is 5.97 Å². The number of hydrogen-bond donors (Lipinski definition) is 2. The predicted molar refractivity (Wildman–Crippen MR) is 65.6 cm³/mol. The summed E-state index contributed by atoms with van der Waals surface area (Å²) in [5.41, 5.74) is 1.30. The van der Waals surface area contributed by atoms with Crippen molar-refractivity contribution in [3.8, 4) is 5.88 Å². The molecule has 1 unspecified atom stereocenters. The molecule has 6 heteroatoms. The Hall–Kier alpha value is -1.56. The summed E-state index contributed by atoms with van der Waals surface area (Å²) in [5.74, 6) is 0.225. The Labute approximate surface area is 106 Å². The molecule has 0 radical (unpaired) electrons. The lowest BCUT2D eigenvalue weighted by Gasteiger charge is -2.15. The number of carbonyl (C=O) groups is 1.